The third kappa shape index (κ3) is 6.21. The normalized spacial score (nSPS) is 10.4. The molecule has 0 saturated carbocycles. The summed E-state index contributed by atoms with van der Waals surface area (Å²) < 4.78 is 4.19. The number of rotatable bonds is 9. The Bertz CT molecular complexity index is 341. The molecule has 0 aliphatic carbocycles. The van der Waals surface area contributed by atoms with E-state index in [0.29, 0.717) is 0 Å². The number of aliphatic carboxylic acids is 1. The van der Waals surface area contributed by atoms with Gasteiger partial charge >= 0.3 is 5.97 Å². The van der Waals surface area contributed by atoms with Crippen LogP contribution in [-0.2, 0) is 11.2 Å². The van der Waals surface area contributed by atoms with E-state index in [1.54, 1.807) is 0 Å². The number of aromatic nitrogens is 2. The number of nitrogens with zero attached hydrogens (tertiary/aromatic N) is 2. The second-order valence-electron chi connectivity index (χ2n) is 3.85. The van der Waals surface area contributed by atoms with E-state index in [0.717, 1.165) is 49.6 Å². The zero-order chi connectivity index (χ0) is 12.5. The number of hydrogen-bond acceptors (Lipinski definition) is 5. The molecule has 0 amide bonds. The molecular formula is C11H19N3O2S. The van der Waals surface area contributed by atoms with Gasteiger partial charge in [0.2, 0.25) is 5.13 Å². The highest BCUT2D eigenvalue weighted by Crippen LogP contribution is 2.11. The summed E-state index contributed by atoms with van der Waals surface area (Å²) >= 11 is 1.40. The van der Waals surface area contributed by atoms with Crippen molar-refractivity contribution in [2.45, 2.75) is 45.4 Å². The molecule has 0 atom stereocenters. The molecule has 0 aliphatic heterocycles. The lowest BCUT2D eigenvalue weighted by molar-refractivity contribution is -0.137. The topological polar surface area (TPSA) is 75.1 Å². The van der Waals surface area contributed by atoms with Crippen molar-refractivity contribution in [3.63, 3.8) is 0 Å². The minimum Gasteiger partial charge on any atom is -0.481 e. The zero-order valence-corrected chi connectivity index (χ0v) is 10.9. The van der Waals surface area contributed by atoms with E-state index >= 15 is 0 Å². The van der Waals surface area contributed by atoms with Crippen LogP contribution < -0.4 is 5.32 Å². The summed E-state index contributed by atoms with van der Waals surface area (Å²) in [6, 6.07) is 0. The number of carboxylic acids is 1. The van der Waals surface area contributed by atoms with Crippen molar-refractivity contribution < 1.29 is 9.90 Å². The van der Waals surface area contributed by atoms with E-state index in [2.05, 4.69) is 14.7 Å². The average Bonchev–Trinajstić information content (AvgIpc) is 2.75. The van der Waals surface area contributed by atoms with Gasteiger partial charge in [0.05, 0.1) is 0 Å². The lowest BCUT2D eigenvalue weighted by Gasteiger charge is -2.01. The number of carboxylic acid groups (broad SMARTS) is 1. The van der Waals surface area contributed by atoms with Gasteiger partial charge in [-0.1, -0.05) is 19.8 Å². The van der Waals surface area contributed by atoms with Crippen LogP contribution in [0.2, 0.25) is 0 Å². The maximum absolute atomic E-state index is 10.3. The maximum atomic E-state index is 10.3. The van der Waals surface area contributed by atoms with Crippen molar-refractivity contribution in [3.05, 3.63) is 5.82 Å². The fourth-order valence-electron chi connectivity index (χ4n) is 1.42. The molecule has 1 aromatic heterocycles. The molecule has 1 rings (SSSR count). The molecule has 0 unspecified atom stereocenters. The van der Waals surface area contributed by atoms with Crippen molar-refractivity contribution in [3.8, 4) is 0 Å². The summed E-state index contributed by atoms with van der Waals surface area (Å²) in [5, 5.41) is 12.6. The van der Waals surface area contributed by atoms with Crippen LogP contribution in [0.15, 0.2) is 0 Å². The minimum absolute atomic E-state index is 0.281. The van der Waals surface area contributed by atoms with E-state index in [-0.39, 0.29) is 6.42 Å². The van der Waals surface area contributed by atoms with Crippen molar-refractivity contribution >= 4 is 22.6 Å². The van der Waals surface area contributed by atoms with Crippen molar-refractivity contribution in [2.75, 3.05) is 11.9 Å². The first-order valence-corrected chi connectivity index (χ1v) is 6.78. The first-order chi connectivity index (χ1) is 8.22. The average molecular weight is 257 g/mol. The summed E-state index contributed by atoms with van der Waals surface area (Å²) in [6.45, 7) is 2.92. The van der Waals surface area contributed by atoms with Crippen LogP contribution in [-0.4, -0.2) is 27.0 Å². The van der Waals surface area contributed by atoms with Gasteiger partial charge in [-0.15, -0.1) is 0 Å². The first-order valence-electron chi connectivity index (χ1n) is 6.00. The molecule has 0 aliphatic rings. The monoisotopic (exact) mass is 257 g/mol. The Balaban J connectivity index is 1.98. The summed E-state index contributed by atoms with van der Waals surface area (Å²) in [7, 11) is 0. The Hall–Kier alpha value is -1.17. The third-order valence-electron chi connectivity index (χ3n) is 2.38. The SMILES string of the molecule is CCc1nsc(NCCCCCCC(=O)O)n1. The Morgan fingerprint density at radius 2 is 2.12 bits per heavy atom. The van der Waals surface area contributed by atoms with Gasteiger partial charge in [-0.3, -0.25) is 4.79 Å². The number of unbranched alkanes of at least 4 members (excludes halogenated alkanes) is 3. The van der Waals surface area contributed by atoms with E-state index in [1.807, 2.05) is 6.92 Å². The number of anilines is 1. The van der Waals surface area contributed by atoms with Gasteiger partial charge in [-0.25, -0.2) is 4.98 Å². The van der Waals surface area contributed by atoms with Crippen LogP contribution in [0, 0.1) is 0 Å². The summed E-state index contributed by atoms with van der Waals surface area (Å²) in [5.41, 5.74) is 0. The zero-order valence-electron chi connectivity index (χ0n) is 10.1. The summed E-state index contributed by atoms with van der Waals surface area (Å²) in [4.78, 5) is 14.6. The predicted molar refractivity (Wildman–Crippen MR) is 68.5 cm³/mol. The number of nitrogens with one attached hydrogen (secondary N) is 1. The Morgan fingerprint density at radius 3 is 2.76 bits per heavy atom. The van der Waals surface area contributed by atoms with E-state index in [4.69, 9.17) is 5.11 Å². The second-order valence-corrected chi connectivity index (χ2v) is 4.61. The van der Waals surface area contributed by atoms with E-state index < -0.39 is 5.97 Å². The van der Waals surface area contributed by atoms with Crippen LogP contribution in [0.25, 0.3) is 0 Å². The molecule has 0 saturated heterocycles. The Morgan fingerprint density at radius 1 is 1.35 bits per heavy atom. The lowest BCUT2D eigenvalue weighted by Crippen LogP contribution is -2.01. The fourth-order valence-corrected chi connectivity index (χ4v) is 2.09. The van der Waals surface area contributed by atoms with Gasteiger partial charge in [0, 0.05) is 30.9 Å². The highest BCUT2D eigenvalue weighted by Gasteiger charge is 2.00. The lowest BCUT2D eigenvalue weighted by atomic mass is 10.1. The van der Waals surface area contributed by atoms with Gasteiger partial charge in [-0.05, 0) is 12.8 Å². The Kier molecular flexibility index (Phi) is 6.54. The molecule has 1 heterocycles. The van der Waals surface area contributed by atoms with Crippen LogP contribution in [0.3, 0.4) is 0 Å². The molecule has 0 bridgehead atoms. The highest BCUT2D eigenvalue weighted by molar-refractivity contribution is 7.09. The molecule has 5 nitrogen and oxygen atoms in total. The van der Waals surface area contributed by atoms with Gasteiger partial charge in [0.1, 0.15) is 5.82 Å². The van der Waals surface area contributed by atoms with Crippen LogP contribution in [0.5, 0.6) is 0 Å². The maximum Gasteiger partial charge on any atom is 0.303 e. The molecule has 17 heavy (non-hydrogen) atoms. The molecule has 6 heteroatoms. The minimum atomic E-state index is -0.705. The van der Waals surface area contributed by atoms with Crippen LogP contribution >= 0.6 is 11.5 Å². The van der Waals surface area contributed by atoms with Gasteiger partial charge in [0.25, 0.3) is 0 Å². The van der Waals surface area contributed by atoms with Gasteiger partial charge in [-0.2, -0.15) is 4.37 Å². The number of carbonyl (C=O) groups is 1. The third-order valence-corrected chi connectivity index (χ3v) is 3.09. The van der Waals surface area contributed by atoms with Crippen molar-refractivity contribution in [1.29, 1.82) is 0 Å². The quantitative estimate of drug-likeness (QED) is 0.665. The summed E-state index contributed by atoms with van der Waals surface area (Å²) in [6.07, 6.45) is 5.00. The molecule has 2 N–H and O–H groups in total. The van der Waals surface area contributed by atoms with E-state index in [9.17, 15) is 4.79 Å². The predicted octanol–water partition coefficient (Wildman–Crippen LogP) is 2.55. The molecule has 96 valence electrons. The first kappa shape index (κ1) is 13.9. The fraction of sp³-hybridized carbons (Fsp3) is 0.727. The number of aryl methyl sites for hydroxylation is 1. The molecule has 0 radical (unpaired) electrons. The molecule has 1 aromatic rings. The summed E-state index contributed by atoms with van der Waals surface area (Å²) in [5.74, 6) is 0.183. The second kappa shape index (κ2) is 8.00. The van der Waals surface area contributed by atoms with Gasteiger partial charge < -0.3 is 10.4 Å². The molecule has 0 aromatic carbocycles. The molecule has 0 spiro atoms. The Labute approximate surface area is 105 Å². The largest absolute Gasteiger partial charge is 0.481 e. The highest BCUT2D eigenvalue weighted by atomic mass is 32.1. The van der Waals surface area contributed by atoms with Crippen molar-refractivity contribution in [2.24, 2.45) is 0 Å². The molecular weight excluding hydrogens is 238 g/mol. The smallest absolute Gasteiger partial charge is 0.303 e. The van der Waals surface area contributed by atoms with Crippen LogP contribution in [0.1, 0.15) is 44.9 Å². The van der Waals surface area contributed by atoms with Crippen molar-refractivity contribution in [1.82, 2.24) is 9.36 Å². The standard InChI is InChI=1S/C11H19N3O2S/c1-2-9-13-11(17-14-9)12-8-6-4-3-5-7-10(15)16/h2-8H2,1H3,(H,15,16)(H,12,13,14). The van der Waals surface area contributed by atoms with Crippen LogP contribution in [0.4, 0.5) is 5.13 Å². The van der Waals surface area contributed by atoms with E-state index in [1.165, 1.54) is 11.5 Å². The van der Waals surface area contributed by atoms with Gasteiger partial charge in [0.15, 0.2) is 0 Å². The number of hydrogen-bond donors (Lipinski definition) is 2. The molecule has 0 fully saturated rings.